The number of aryl methyl sites for hydroxylation is 2. The molecule has 1 aromatic carbocycles. The lowest BCUT2D eigenvalue weighted by atomic mass is 9.96. The quantitative estimate of drug-likeness (QED) is 0.733. The molecule has 0 saturated carbocycles. The molecule has 1 saturated heterocycles. The standard InChI is InChI=1S/C19H23F2N3O4S/c1-4-24(15-5-6-16(20)17(21)11-15)19(25)14-7-9-23(10-8-14)29(26,27)18-12(2)22-28-13(18)3/h5-6,11,14H,4,7-10H2,1-3H3. The summed E-state index contributed by atoms with van der Waals surface area (Å²) < 4.78 is 58.9. The van der Waals surface area contributed by atoms with Crippen molar-refractivity contribution in [1.29, 1.82) is 0 Å². The molecule has 29 heavy (non-hydrogen) atoms. The van der Waals surface area contributed by atoms with Crippen LogP contribution in [0.15, 0.2) is 27.6 Å². The zero-order valence-electron chi connectivity index (χ0n) is 16.5. The highest BCUT2D eigenvalue weighted by atomic mass is 32.2. The van der Waals surface area contributed by atoms with Crippen LogP contribution in [0, 0.1) is 31.4 Å². The number of rotatable bonds is 5. The lowest BCUT2D eigenvalue weighted by Gasteiger charge is -2.33. The fourth-order valence-corrected chi connectivity index (χ4v) is 5.41. The van der Waals surface area contributed by atoms with Gasteiger partial charge in [0.1, 0.15) is 10.6 Å². The van der Waals surface area contributed by atoms with Gasteiger partial charge >= 0.3 is 0 Å². The predicted molar refractivity (Wildman–Crippen MR) is 102 cm³/mol. The molecule has 3 rings (SSSR count). The van der Waals surface area contributed by atoms with Crippen molar-refractivity contribution in [3.63, 3.8) is 0 Å². The number of anilines is 1. The van der Waals surface area contributed by atoms with Gasteiger partial charge in [0.25, 0.3) is 0 Å². The van der Waals surface area contributed by atoms with Gasteiger partial charge in [-0.05, 0) is 45.7 Å². The molecule has 2 aromatic rings. The van der Waals surface area contributed by atoms with Gasteiger partial charge < -0.3 is 9.42 Å². The third kappa shape index (κ3) is 4.04. The van der Waals surface area contributed by atoms with Gasteiger partial charge in [-0.3, -0.25) is 4.79 Å². The van der Waals surface area contributed by atoms with Gasteiger partial charge in [-0.1, -0.05) is 5.16 Å². The Morgan fingerprint density at radius 2 is 1.90 bits per heavy atom. The van der Waals surface area contributed by atoms with Crippen LogP contribution in [-0.4, -0.2) is 43.4 Å². The Bertz CT molecular complexity index is 995. The zero-order chi connectivity index (χ0) is 21.3. The molecule has 10 heteroatoms. The molecule has 0 spiro atoms. The topological polar surface area (TPSA) is 83.7 Å². The first-order valence-corrected chi connectivity index (χ1v) is 10.8. The Morgan fingerprint density at radius 3 is 2.41 bits per heavy atom. The second-order valence-electron chi connectivity index (χ2n) is 7.01. The molecule has 0 aliphatic carbocycles. The average molecular weight is 427 g/mol. The number of hydrogen-bond donors (Lipinski definition) is 0. The van der Waals surface area contributed by atoms with Gasteiger partial charge in [-0.2, -0.15) is 4.31 Å². The van der Waals surface area contributed by atoms with Crippen molar-refractivity contribution < 1.29 is 26.5 Å². The van der Waals surface area contributed by atoms with E-state index in [1.165, 1.54) is 15.3 Å². The molecule has 1 fully saturated rings. The molecule has 0 atom stereocenters. The molecule has 1 aromatic heterocycles. The van der Waals surface area contributed by atoms with Crippen molar-refractivity contribution in [1.82, 2.24) is 9.46 Å². The van der Waals surface area contributed by atoms with E-state index in [0.29, 0.717) is 25.1 Å². The number of carbonyl (C=O) groups excluding carboxylic acids is 1. The molecule has 1 aliphatic heterocycles. The third-order valence-electron chi connectivity index (χ3n) is 5.17. The van der Waals surface area contributed by atoms with Crippen molar-refractivity contribution in [2.45, 2.75) is 38.5 Å². The first kappa shape index (κ1) is 21.4. The van der Waals surface area contributed by atoms with Crippen molar-refractivity contribution >= 4 is 21.6 Å². The zero-order valence-corrected chi connectivity index (χ0v) is 17.3. The Hall–Kier alpha value is -2.33. The molecule has 0 bridgehead atoms. The maximum absolute atomic E-state index is 13.6. The molecule has 0 N–H and O–H groups in total. The van der Waals surface area contributed by atoms with Crippen LogP contribution in [0.25, 0.3) is 0 Å². The van der Waals surface area contributed by atoms with Gasteiger partial charge in [0, 0.05) is 37.3 Å². The first-order chi connectivity index (χ1) is 13.7. The molecular weight excluding hydrogens is 404 g/mol. The van der Waals surface area contributed by atoms with Gasteiger partial charge in [0.05, 0.1) is 0 Å². The van der Waals surface area contributed by atoms with E-state index in [0.717, 1.165) is 12.1 Å². The molecule has 1 aliphatic rings. The normalized spacial score (nSPS) is 16.2. The highest BCUT2D eigenvalue weighted by Crippen LogP contribution is 2.29. The number of halogens is 2. The Labute approximate surface area is 168 Å². The minimum atomic E-state index is -3.76. The third-order valence-corrected chi connectivity index (χ3v) is 7.31. The lowest BCUT2D eigenvalue weighted by molar-refractivity contribution is -0.123. The summed E-state index contributed by atoms with van der Waals surface area (Å²) in [6, 6.07) is 3.34. The summed E-state index contributed by atoms with van der Waals surface area (Å²) in [6.45, 7) is 5.51. The molecule has 0 radical (unpaired) electrons. The van der Waals surface area contributed by atoms with Gasteiger partial charge in [0.15, 0.2) is 17.4 Å². The van der Waals surface area contributed by atoms with Crippen LogP contribution in [0.3, 0.4) is 0 Å². The van der Waals surface area contributed by atoms with E-state index < -0.39 is 27.6 Å². The smallest absolute Gasteiger partial charge is 0.248 e. The number of hydrogen-bond acceptors (Lipinski definition) is 5. The number of nitrogens with zero attached hydrogens (tertiary/aromatic N) is 3. The van der Waals surface area contributed by atoms with Crippen LogP contribution in [0.4, 0.5) is 14.5 Å². The van der Waals surface area contributed by atoms with Gasteiger partial charge in [-0.15, -0.1) is 0 Å². The van der Waals surface area contributed by atoms with Crippen LogP contribution in [0.5, 0.6) is 0 Å². The lowest BCUT2D eigenvalue weighted by Crippen LogP contribution is -2.44. The second-order valence-corrected chi connectivity index (χ2v) is 8.89. The van der Waals surface area contributed by atoms with Gasteiger partial charge in [0.2, 0.25) is 15.9 Å². The fourth-order valence-electron chi connectivity index (χ4n) is 3.65. The van der Waals surface area contributed by atoms with E-state index in [4.69, 9.17) is 4.52 Å². The first-order valence-electron chi connectivity index (χ1n) is 9.36. The average Bonchev–Trinajstić information content (AvgIpc) is 3.04. The summed E-state index contributed by atoms with van der Waals surface area (Å²) >= 11 is 0. The van der Waals surface area contributed by atoms with E-state index in [1.54, 1.807) is 20.8 Å². The number of piperidine rings is 1. The van der Waals surface area contributed by atoms with E-state index in [1.807, 2.05) is 0 Å². The Morgan fingerprint density at radius 1 is 1.24 bits per heavy atom. The van der Waals surface area contributed by atoms with Crippen LogP contribution in [-0.2, 0) is 14.8 Å². The highest BCUT2D eigenvalue weighted by Gasteiger charge is 2.36. The summed E-state index contributed by atoms with van der Waals surface area (Å²) in [5.74, 6) is -2.40. The number of benzene rings is 1. The van der Waals surface area contributed by atoms with Crippen molar-refractivity contribution in [2.75, 3.05) is 24.5 Å². The number of aromatic nitrogens is 1. The minimum absolute atomic E-state index is 0.0687. The summed E-state index contributed by atoms with van der Waals surface area (Å²) in [5, 5.41) is 3.70. The molecule has 158 valence electrons. The minimum Gasteiger partial charge on any atom is -0.360 e. The molecule has 7 nitrogen and oxygen atoms in total. The van der Waals surface area contributed by atoms with Crippen molar-refractivity contribution in [3.05, 3.63) is 41.3 Å². The molecule has 1 amide bonds. The van der Waals surface area contributed by atoms with E-state index in [9.17, 15) is 22.0 Å². The van der Waals surface area contributed by atoms with Crippen LogP contribution in [0.1, 0.15) is 31.2 Å². The summed E-state index contributed by atoms with van der Waals surface area (Å²) in [5.41, 5.74) is 0.582. The van der Waals surface area contributed by atoms with Crippen LogP contribution >= 0.6 is 0 Å². The van der Waals surface area contributed by atoms with Crippen molar-refractivity contribution in [3.8, 4) is 0 Å². The Kier molecular flexibility index (Phi) is 6.04. The highest BCUT2D eigenvalue weighted by molar-refractivity contribution is 7.89. The van der Waals surface area contributed by atoms with E-state index in [2.05, 4.69) is 5.16 Å². The van der Waals surface area contributed by atoms with Crippen molar-refractivity contribution in [2.24, 2.45) is 5.92 Å². The molecule has 2 heterocycles. The maximum Gasteiger partial charge on any atom is 0.248 e. The van der Waals surface area contributed by atoms with E-state index in [-0.39, 0.29) is 35.3 Å². The molecule has 0 unspecified atom stereocenters. The number of amides is 1. The van der Waals surface area contributed by atoms with Crippen LogP contribution < -0.4 is 4.90 Å². The monoisotopic (exact) mass is 427 g/mol. The molecular formula is C19H23F2N3O4S. The fraction of sp³-hybridized carbons (Fsp3) is 0.474. The summed E-state index contributed by atoms with van der Waals surface area (Å²) in [4.78, 5) is 14.4. The van der Waals surface area contributed by atoms with E-state index >= 15 is 0 Å². The second kappa shape index (κ2) is 8.19. The van der Waals surface area contributed by atoms with Crippen LogP contribution in [0.2, 0.25) is 0 Å². The largest absolute Gasteiger partial charge is 0.360 e. The summed E-state index contributed by atoms with van der Waals surface area (Å²) in [6.07, 6.45) is 0.670. The predicted octanol–water partition coefficient (Wildman–Crippen LogP) is 3.02. The maximum atomic E-state index is 13.6. The summed E-state index contributed by atoms with van der Waals surface area (Å²) in [7, 11) is -3.76. The number of carbonyl (C=O) groups is 1. The SMILES string of the molecule is CCN(C(=O)C1CCN(S(=O)(=O)c2c(C)noc2C)CC1)c1ccc(F)c(F)c1. The number of sulfonamides is 1. The van der Waals surface area contributed by atoms with Gasteiger partial charge in [-0.25, -0.2) is 17.2 Å². The Balaban J connectivity index is 1.72.